The molecule has 0 aromatic carbocycles. The lowest BCUT2D eigenvalue weighted by molar-refractivity contribution is -0.103. The quantitative estimate of drug-likeness (QED) is 0.606. The molecule has 0 aliphatic heterocycles. The third-order valence-electron chi connectivity index (χ3n) is 2.64. The lowest BCUT2D eigenvalue weighted by Gasteiger charge is -2.26. The second-order valence-corrected chi connectivity index (χ2v) is 3.44. The highest BCUT2D eigenvalue weighted by atomic mass is 16.5. The van der Waals surface area contributed by atoms with Crippen LogP contribution in [0.2, 0.25) is 0 Å². The van der Waals surface area contributed by atoms with Crippen molar-refractivity contribution in [2.75, 3.05) is 0 Å². The van der Waals surface area contributed by atoms with Crippen LogP contribution in [0.15, 0.2) is 0 Å². The Balaban J connectivity index is 4.02. The van der Waals surface area contributed by atoms with Crippen LogP contribution in [0.5, 0.6) is 0 Å². The maximum absolute atomic E-state index is 9.10. The van der Waals surface area contributed by atoms with Gasteiger partial charge in [-0.15, -0.1) is 0 Å². The van der Waals surface area contributed by atoms with Gasteiger partial charge in [-0.25, -0.2) is 0 Å². The summed E-state index contributed by atoms with van der Waals surface area (Å²) in [5.41, 5.74) is 0. The van der Waals surface area contributed by atoms with Gasteiger partial charge in [0.05, 0.1) is 0 Å². The summed E-state index contributed by atoms with van der Waals surface area (Å²) in [5.74, 6) is 0.537. The van der Waals surface area contributed by atoms with E-state index < -0.39 is 6.29 Å². The zero-order chi connectivity index (χ0) is 9.56. The van der Waals surface area contributed by atoms with Gasteiger partial charge in [-0.05, 0) is 12.3 Å². The smallest absolute Gasteiger partial charge is 0.154 e. The Kier molecular flexibility index (Phi) is 6.39. The first kappa shape index (κ1) is 11.9. The van der Waals surface area contributed by atoms with E-state index in [0.29, 0.717) is 5.92 Å². The summed E-state index contributed by atoms with van der Waals surface area (Å²) in [4.78, 5) is 0. The topological polar surface area (TPSA) is 40.5 Å². The maximum atomic E-state index is 9.10. The zero-order valence-electron chi connectivity index (χ0n) is 8.45. The van der Waals surface area contributed by atoms with Gasteiger partial charge in [0.2, 0.25) is 0 Å². The molecule has 0 saturated heterocycles. The van der Waals surface area contributed by atoms with Crippen LogP contribution in [0, 0.1) is 11.8 Å². The number of rotatable bonds is 6. The summed E-state index contributed by atoms with van der Waals surface area (Å²) in [5, 5.41) is 18.2. The van der Waals surface area contributed by atoms with Crippen molar-refractivity contribution >= 4 is 0 Å². The van der Waals surface area contributed by atoms with Crippen molar-refractivity contribution in [1.82, 2.24) is 0 Å². The minimum absolute atomic E-state index is 0.0648. The van der Waals surface area contributed by atoms with Gasteiger partial charge >= 0.3 is 0 Å². The summed E-state index contributed by atoms with van der Waals surface area (Å²) in [6, 6.07) is 0. The van der Waals surface area contributed by atoms with Crippen LogP contribution in [0.3, 0.4) is 0 Å². The summed E-state index contributed by atoms with van der Waals surface area (Å²) in [7, 11) is 0. The first-order valence-corrected chi connectivity index (χ1v) is 5.03. The van der Waals surface area contributed by atoms with E-state index in [1.165, 1.54) is 0 Å². The molecule has 12 heavy (non-hydrogen) atoms. The molecular formula is C10H22O2. The van der Waals surface area contributed by atoms with Gasteiger partial charge in [0.1, 0.15) is 0 Å². The molecule has 0 fully saturated rings. The van der Waals surface area contributed by atoms with E-state index in [0.717, 1.165) is 25.7 Å². The minimum Gasteiger partial charge on any atom is -0.368 e. The third-order valence-corrected chi connectivity index (χ3v) is 2.64. The largest absolute Gasteiger partial charge is 0.368 e. The van der Waals surface area contributed by atoms with Crippen LogP contribution in [0.4, 0.5) is 0 Å². The van der Waals surface area contributed by atoms with Crippen molar-refractivity contribution in [2.24, 2.45) is 11.8 Å². The van der Waals surface area contributed by atoms with Gasteiger partial charge in [0.15, 0.2) is 6.29 Å². The van der Waals surface area contributed by atoms with Gasteiger partial charge < -0.3 is 10.2 Å². The Hall–Kier alpha value is -0.0800. The lowest BCUT2D eigenvalue weighted by atomic mass is 9.84. The van der Waals surface area contributed by atoms with Gasteiger partial charge in [-0.2, -0.15) is 0 Å². The van der Waals surface area contributed by atoms with E-state index >= 15 is 0 Å². The van der Waals surface area contributed by atoms with Crippen LogP contribution in [0.25, 0.3) is 0 Å². The Morgan fingerprint density at radius 2 is 1.58 bits per heavy atom. The highest BCUT2D eigenvalue weighted by molar-refractivity contribution is 4.69. The van der Waals surface area contributed by atoms with Crippen molar-refractivity contribution in [2.45, 2.75) is 52.7 Å². The molecule has 0 bridgehead atoms. The van der Waals surface area contributed by atoms with Gasteiger partial charge in [-0.3, -0.25) is 0 Å². The summed E-state index contributed by atoms with van der Waals surface area (Å²) in [6.45, 7) is 6.27. The maximum Gasteiger partial charge on any atom is 0.154 e. The van der Waals surface area contributed by atoms with Crippen LogP contribution in [-0.4, -0.2) is 16.5 Å². The lowest BCUT2D eigenvalue weighted by Crippen LogP contribution is -2.26. The monoisotopic (exact) mass is 174 g/mol. The highest BCUT2D eigenvalue weighted by Crippen LogP contribution is 2.26. The second-order valence-electron chi connectivity index (χ2n) is 3.44. The minimum atomic E-state index is -1.13. The number of hydrogen-bond acceptors (Lipinski definition) is 2. The number of aliphatic hydroxyl groups excluding tert-OH is 1. The second kappa shape index (κ2) is 6.44. The van der Waals surface area contributed by atoms with E-state index in [2.05, 4.69) is 13.8 Å². The van der Waals surface area contributed by atoms with E-state index in [1.807, 2.05) is 6.92 Å². The summed E-state index contributed by atoms with van der Waals surface area (Å²) < 4.78 is 0. The summed E-state index contributed by atoms with van der Waals surface area (Å²) in [6.07, 6.45) is 3.00. The highest BCUT2D eigenvalue weighted by Gasteiger charge is 2.22. The first-order chi connectivity index (χ1) is 5.67. The molecule has 2 heteroatoms. The fourth-order valence-corrected chi connectivity index (χ4v) is 1.88. The van der Waals surface area contributed by atoms with Crippen LogP contribution in [0.1, 0.15) is 46.5 Å². The van der Waals surface area contributed by atoms with Crippen LogP contribution >= 0.6 is 0 Å². The predicted molar refractivity (Wildman–Crippen MR) is 50.7 cm³/mol. The predicted octanol–water partition coefficient (Wildman–Crippen LogP) is 2.15. The molecule has 2 N–H and O–H groups in total. The van der Waals surface area contributed by atoms with Gasteiger partial charge in [-0.1, -0.05) is 40.0 Å². The standard InChI is InChI=1S/C10H22O2/c1-4-7-8(5-2)9(6-3)10(11)12/h8-12H,4-7H2,1-3H3. The number of hydrogen-bond donors (Lipinski definition) is 2. The fraction of sp³-hybridized carbons (Fsp3) is 1.00. The Bertz CT molecular complexity index is 102. The van der Waals surface area contributed by atoms with Crippen molar-refractivity contribution < 1.29 is 10.2 Å². The molecule has 0 saturated carbocycles. The van der Waals surface area contributed by atoms with E-state index in [4.69, 9.17) is 10.2 Å². The molecule has 0 aliphatic carbocycles. The molecule has 0 aromatic heterocycles. The van der Waals surface area contributed by atoms with E-state index in [9.17, 15) is 0 Å². The molecule has 0 radical (unpaired) electrons. The van der Waals surface area contributed by atoms with Crippen LogP contribution < -0.4 is 0 Å². The molecule has 0 rings (SSSR count). The Morgan fingerprint density at radius 1 is 1.00 bits per heavy atom. The van der Waals surface area contributed by atoms with Gasteiger partial charge in [0, 0.05) is 5.92 Å². The molecular weight excluding hydrogens is 152 g/mol. The van der Waals surface area contributed by atoms with Crippen molar-refractivity contribution in [1.29, 1.82) is 0 Å². The Morgan fingerprint density at radius 3 is 1.83 bits per heavy atom. The Labute approximate surface area is 75.6 Å². The third kappa shape index (κ3) is 3.55. The number of aliphatic hydroxyl groups is 2. The molecule has 2 atom stereocenters. The molecule has 0 heterocycles. The van der Waals surface area contributed by atoms with Gasteiger partial charge in [0.25, 0.3) is 0 Å². The van der Waals surface area contributed by atoms with Crippen molar-refractivity contribution in [3.63, 3.8) is 0 Å². The van der Waals surface area contributed by atoms with Crippen molar-refractivity contribution in [3.05, 3.63) is 0 Å². The molecule has 0 amide bonds. The SMILES string of the molecule is CCCC(CC)C(CC)C(O)O. The van der Waals surface area contributed by atoms with Crippen LogP contribution in [-0.2, 0) is 0 Å². The molecule has 2 nitrogen and oxygen atoms in total. The zero-order valence-corrected chi connectivity index (χ0v) is 8.45. The normalized spacial score (nSPS) is 16.5. The average Bonchev–Trinajstić information content (AvgIpc) is 2.03. The van der Waals surface area contributed by atoms with Crippen molar-refractivity contribution in [3.8, 4) is 0 Å². The first-order valence-electron chi connectivity index (χ1n) is 5.03. The van der Waals surface area contributed by atoms with E-state index in [-0.39, 0.29) is 5.92 Å². The summed E-state index contributed by atoms with van der Waals surface area (Å²) >= 11 is 0. The fourth-order valence-electron chi connectivity index (χ4n) is 1.88. The van der Waals surface area contributed by atoms with E-state index in [1.54, 1.807) is 0 Å². The molecule has 0 spiro atoms. The average molecular weight is 174 g/mol. The molecule has 0 aromatic rings. The molecule has 2 unspecified atom stereocenters. The molecule has 74 valence electrons. The molecule has 0 aliphatic rings.